The second kappa shape index (κ2) is 7.09. The molecule has 1 amide bonds. The third-order valence-corrected chi connectivity index (χ3v) is 3.90. The van der Waals surface area contributed by atoms with Crippen molar-refractivity contribution < 1.29 is 13.2 Å². The standard InChI is InChI=1S/C14H20N2O3S/c1-4-10-15-14(17)11-16(20(3,18)19)13-9-7-6-8-12(13)5-2/h4,6-9H,1,5,10-11H2,2-3H3,(H,15,17). The van der Waals surface area contributed by atoms with Gasteiger partial charge in [-0.2, -0.15) is 0 Å². The van der Waals surface area contributed by atoms with Crippen LogP contribution in [0.3, 0.4) is 0 Å². The maximum atomic E-state index is 11.9. The van der Waals surface area contributed by atoms with E-state index in [9.17, 15) is 13.2 Å². The number of carbonyl (C=O) groups excluding carboxylic acids is 1. The van der Waals surface area contributed by atoms with Gasteiger partial charge in [0.15, 0.2) is 0 Å². The minimum atomic E-state index is -3.52. The van der Waals surface area contributed by atoms with Crippen LogP contribution in [0.4, 0.5) is 5.69 Å². The zero-order valence-corrected chi connectivity index (χ0v) is 12.6. The first-order valence-electron chi connectivity index (χ1n) is 6.33. The molecule has 6 heteroatoms. The molecule has 0 radical (unpaired) electrons. The molecule has 0 aliphatic carbocycles. The predicted octanol–water partition coefficient (Wildman–Crippen LogP) is 1.32. The molecule has 0 saturated heterocycles. The van der Waals surface area contributed by atoms with Gasteiger partial charge in [0.1, 0.15) is 6.54 Å². The first kappa shape index (κ1) is 16.2. The van der Waals surface area contributed by atoms with Crippen LogP contribution < -0.4 is 9.62 Å². The highest BCUT2D eigenvalue weighted by Crippen LogP contribution is 2.23. The summed E-state index contributed by atoms with van der Waals surface area (Å²) in [5.74, 6) is -0.360. The summed E-state index contributed by atoms with van der Waals surface area (Å²) in [6, 6.07) is 7.17. The lowest BCUT2D eigenvalue weighted by atomic mass is 10.1. The van der Waals surface area contributed by atoms with E-state index in [4.69, 9.17) is 0 Å². The molecule has 0 heterocycles. The lowest BCUT2D eigenvalue weighted by Gasteiger charge is -2.24. The molecule has 0 fully saturated rings. The Bertz CT molecular complexity index is 582. The summed E-state index contributed by atoms with van der Waals surface area (Å²) >= 11 is 0. The van der Waals surface area contributed by atoms with Crippen LogP contribution >= 0.6 is 0 Å². The van der Waals surface area contributed by atoms with E-state index in [0.717, 1.165) is 16.1 Å². The zero-order valence-electron chi connectivity index (χ0n) is 11.8. The molecule has 110 valence electrons. The lowest BCUT2D eigenvalue weighted by molar-refractivity contribution is -0.119. The molecule has 0 aliphatic rings. The largest absolute Gasteiger partial charge is 0.351 e. The van der Waals surface area contributed by atoms with Gasteiger partial charge >= 0.3 is 0 Å². The molecular formula is C14H20N2O3S. The summed E-state index contributed by atoms with van der Waals surface area (Å²) < 4.78 is 25.0. The van der Waals surface area contributed by atoms with E-state index in [-0.39, 0.29) is 12.5 Å². The van der Waals surface area contributed by atoms with Crippen LogP contribution in [0, 0.1) is 0 Å². The number of nitrogens with one attached hydrogen (secondary N) is 1. The van der Waals surface area contributed by atoms with E-state index in [1.807, 2.05) is 19.1 Å². The zero-order chi connectivity index (χ0) is 15.2. The molecule has 20 heavy (non-hydrogen) atoms. The monoisotopic (exact) mass is 296 g/mol. The SMILES string of the molecule is C=CCNC(=O)CN(c1ccccc1CC)S(C)(=O)=O. The van der Waals surface area contributed by atoms with Crippen LogP contribution in [0.2, 0.25) is 0 Å². The molecule has 5 nitrogen and oxygen atoms in total. The van der Waals surface area contributed by atoms with Crippen LogP contribution in [0.25, 0.3) is 0 Å². The molecule has 1 aromatic rings. The summed E-state index contributed by atoms with van der Waals surface area (Å²) in [5.41, 5.74) is 1.43. The fraction of sp³-hybridized carbons (Fsp3) is 0.357. The molecule has 1 N–H and O–H groups in total. The van der Waals surface area contributed by atoms with Crippen LogP contribution in [0.1, 0.15) is 12.5 Å². The van der Waals surface area contributed by atoms with Gasteiger partial charge in [0, 0.05) is 6.54 Å². The molecule has 0 bridgehead atoms. The van der Waals surface area contributed by atoms with Crippen LogP contribution in [0.5, 0.6) is 0 Å². The minimum absolute atomic E-state index is 0.232. The van der Waals surface area contributed by atoms with Gasteiger partial charge in [-0.25, -0.2) is 8.42 Å². The number of carbonyl (C=O) groups is 1. The quantitative estimate of drug-likeness (QED) is 0.772. The third kappa shape index (κ3) is 4.38. The number of benzene rings is 1. The Labute approximate surface area is 120 Å². The number of aryl methyl sites for hydroxylation is 1. The maximum absolute atomic E-state index is 11.9. The van der Waals surface area contributed by atoms with Gasteiger partial charge in [-0.15, -0.1) is 6.58 Å². The number of hydrogen-bond donors (Lipinski definition) is 1. The van der Waals surface area contributed by atoms with Crippen molar-refractivity contribution in [3.05, 3.63) is 42.5 Å². The highest BCUT2D eigenvalue weighted by Gasteiger charge is 2.22. The number of hydrogen-bond acceptors (Lipinski definition) is 3. The maximum Gasteiger partial charge on any atom is 0.241 e. The van der Waals surface area contributed by atoms with Crippen molar-refractivity contribution in [2.45, 2.75) is 13.3 Å². The summed E-state index contributed by atoms with van der Waals surface area (Å²) in [7, 11) is -3.52. The van der Waals surface area contributed by atoms with Crippen molar-refractivity contribution in [1.82, 2.24) is 5.32 Å². The average Bonchev–Trinajstić information content (AvgIpc) is 2.41. The van der Waals surface area contributed by atoms with Crippen molar-refractivity contribution in [3.8, 4) is 0 Å². The normalized spacial score (nSPS) is 10.9. The van der Waals surface area contributed by atoms with Gasteiger partial charge in [0.25, 0.3) is 0 Å². The molecule has 0 atom stereocenters. The van der Waals surface area contributed by atoms with Gasteiger partial charge in [0.05, 0.1) is 11.9 Å². The Morgan fingerprint density at radius 1 is 1.40 bits per heavy atom. The van der Waals surface area contributed by atoms with E-state index in [0.29, 0.717) is 18.7 Å². The summed E-state index contributed by atoms with van der Waals surface area (Å²) in [6.07, 6.45) is 3.33. The fourth-order valence-electron chi connectivity index (χ4n) is 1.81. The second-order valence-electron chi connectivity index (χ2n) is 4.34. The number of sulfonamides is 1. The number of anilines is 1. The minimum Gasteiger partial charge on any atom is -0.351 e. The Morgan fingerprint density at radius 2 is 2.05 bits per heavy atom. The Balaban J connectivity index is 3.08. The predicted molar refractivity (Wildman–Crippen MR) is 81.2 cm³/mol. The van der Waals surface area contributed by atoms with Crippen molar-refractivity contribution in [3.63, 3.8) is 0 Å². The molecule has 1 aromatic carbocycles. The highest BCUT2D eigenvalue weighted by atomic mass is 32.2. The first-order chi connectivity index (χ1) is 9.40. The van der Waals surface area contributed by atoms with E-state index >= 15 is 0 Å². The van der Waals surface area contributed by atoms with Gasteiger partial charge in [0.2, 0.25) is 15.9 Å². The van der Waals surface area contributed by atoms with E-state index in [1.165, 1.54) is 0 Å². The summed E-state index contributed by atoms with van der Waals surface area (Å²) in [5, 5.41) is 2.58. The molecule has 0 unspecified atom stereocenters. The number of nitrogens with zero attached hydrogens (tertiary/aromatic N) is 1. The van der Waals surface area contributed by atoms with E-state index in [1.54, 1.807) is 18.2 Å². The summed E-state index contributed by atoms with van der Waals surface area (Å²) in [6.45, 7) is 5.52. The smallest absolute Gasteiger partial charge is 0.241 e. The molecule has 0 spiro atoms. The Morgan fingerprint density at radius 3 is 2.60 bits per heavy atom. The van der Waals surface area contributed by atoms with Crippen LogP contribution in [-0.2, 0) is 21.2 Å². The number of rotatable bonds is 7. The lowest BCUT2D eigenvalue weighted by Crippen LogP contribution is -2.40. The first-order valence-corrected chi connectivity index (χ1v) is 8.18. The molecule has 1 rings (SSSR count). The number of amides is 1. The van der Waals surface area contributed by atoms with Crippen molar-refractivity contribution in [2.75, 3.05) is 23.7 Å². The highest BCUT2D eigenvalue weighted by molar-refractivity contribution is 7.92. The molecule has 0 saturated carbocycles. The van der Waals surface area contributed by atoms with Gasteiger partial charge in [-0.3, -0.25) is 9.10 Å². The average molecular weight is 296 g/mol. The number of para-hydroxylation sites is 1. The molecule has 0 aromatic heterocycles. The van der Waals surface area contributed by atoms with Gasteiger partial charge in [-0.05, 0) is 18.1 Å². The van der Waals surface area contributed by atoms with Crippen LogP contribution in [0.15, 0.2) is 36.9 Å². The Kier molecular flexibility index (Phi) is 5.76. The van der Waals surface area contributed by atoms with Crippen molar-refractivity contribution in [1.29, 1.82) is 0 Å². The molecule has 0 aliphatic heterocycles. The van der Waals surface area contributed by atoms with E-state index < -0.39 is 10.0 Å². The summed E-state index contributed by atoms with van der Waals surface area (Å²) in [4.78, 5) is 11.8. The van der Waals surface area contributed by atoms with Crippen molar-refractivity contribution in [2.24, 2.45) is 0 Å². The van der Waals surface area contributed by atoms with Gasteiger partial charge < -0.3 is 5.32 Å². The topological polar surface area (TPSA) is 66.5 Å². The molecular weight excluding hydrogens is 276 g/mol. The van der Waals surface area contributed by atoms with Crippen LogP contribution in [-0.4, -0.2) is 33.7 Å². The second-order valence-corrected chi connectivity index (χ2v) is 6.25. The third-order valence-electron chi connectivity index (χ3n) is 2.77. The van der Waals surface area contributed by atoms with Gasteiger partial charge in [-0.1, -0.05) is 31.2 Å². The van der Waals surface area contributed by atoms with E-state index in [2.05, 4.69) is 11.9 Å². The Hall–Kier alpha value is -1.82. The van der Waals surface area contributed by atoms with Crippen molar-refractivity contribution >= 4 is 21.6 Å². The fourth-order valence-corrected chi connectivity index (χ4v) is 2.69.